The minimum Gasteiger partial charge on any atom is -0.491 e. The number of nitrogens with one attached hydrogen (secondary N) is 1. The molecule has 0 unspecified atom stereocenters. The molecule has 1 aromatic carbocycles. The molecule has 1 aliphatic carbocycles. The number of methoxy groups -OCH3 is 1. The van der Waals surface area contributed by atoms with E-state index in [2.05, 4.69) is 5.32 Å². The SMILES string of the molecule is COCCC(=O)N[C@@H]1C[C@H](c2cccc(OCCO)c2)O[C@@H]2CCCC[C@@H]12. The zero-order valence-corrected chi connectivity index (χ0v) is 16.1. The molecule has 2 N–H and O–H groups in total. The average molecular weight is 377 g/mol. The van der Waals surface area contributed by atoms with Gasteiger partial charge in [-0.15, -0.1) is 0 Å². The molecule has 150 valence electrons. The molecule has 1 saturated heterocycles. The van der Waals surface area contributed by atoms with Crippen molar-refractivity contribution >= 4 is 5.91 Å². The van der Waals surface area contributed by atoms with Gasteiger partial charge in [0.05, 0.1) is 25.4 Å². The molecule has 2 fully saturated rings. The van der Waals surface area contributed by atoms with Gasteiger partial charge in [0, 0.05) is 25.5 Å². The van der Waals surface area contributed by atoms with Crippen LogP contribution in [-0.4, -0.2) is 50.1 Å². The summed E-state index contributed by atoms with van der Waals surface area (Å²) in [6.07, 6.45) is 5.81. The van der Waals surface area contributed by atoms with Crippen LogP contribution >= 0.6 is 0 Å². The normalized spacial score (nSPS) is 27.6. The fraction of sp³-hybridized carbons (Fsp3) is 0.667. The van der Waals surface area contributed by atoms with Crippen LogP contribution in [0.5, 0.6) is 5.75 Å². The molecule has 0 bridgehead atoms. The van der Waals surface area contributed by atoms with Gasteiger partial charge in [0.2, 0.25) is 5.91 Å². The third-order valence-corrected chi connectivity index (χ3v) is 5.55. The first-order valence-electron chi connectivity index (χ1n) is 9.98. The van der Waals surface area contributed by atoms with E-state index in [4.69, 9.17) is 19.3 Å². The number of benzene rings is 1. The van der Waals surface area contributed by atoms with Gasteiger partial charge in [-0.2, -0.15) is 0 Å². The van der Waals surface area contributed by atoms with Crippen molar-refractivity contribution in [2.45, 2.75) is 56.8 Å². The van der Waals surface area contributed by atoms with Crippen LogP contribution in [0.15, 0.2) is 24.3 Å². The number of aliphatic hydroxyl groups excluding tert-OH is 1. The quantitative estimate of drug-likeness (QED) is 0.728. The molecule has 4 atom stereocenters. The summed E-state index contributed by atoms with van der Waals surface area (Å²) in [5.41, 5.74) is 1.06. The van der Waals surface area contributed by atoms with Crippen LogP contribution in [0.1, 0.15) is 50.2 Å². The van der Waals surface area contributed by atoms with Crippen LogP contribution in [0.3, 0.4) is 0 Å². The van der Waals surface area contributed by atoms with Crippen molar-refractivity contribution in [3.05, 3.63) is 29.8 Å². The molecule has 1 aromatic rings. The Balaban J connectivity index is 1.71. The van der Waals surface area contributed by atoms with Gasteiger partial charge in [-0.25, -0.2) is 0 Å². The fourth-order valence-electron chi connectivity index (χ4n) is 4.25. The van der Waals surface area contributed by atoms with Crippen molar-refractivity contribution in [2.24, 2.45) is 5.92 Å². The second kappa shape index (κ2) is 10.1. The number of carbonyl (C=O) groups is 1. The summed E-state index contributed by atoms with van der Waals surface area (Å²) < 4.78 is 17.0. The zero-order valence-electron chi connectivity index (χ0n) is 16.1. The molecule has 6 heteroatoms. The van der Waals surface area contributed by atoms with Gasteiger partial charge in [0.25, 0.3) is 0 Å². The maximum atomic E-state index is 12.3. The van der Waals surface area contributed by atoms with Gasteiger partial charge in [-0.3, -0.25) is 4.79 Å². The number of aliphatic hydroxyl groups is 1. The van der Waals surface area contributed by atoms with E-state index in [1.54, 1.807) is 7.11 Å². The van der Waals surface area contributed by atoms with Gasteiger partial charge >= 0.3 is 0 Å². The van der Waals surface area contributed by atoms with Crippen LogP contribution in [0.4, 0.5) is 0 Å². The minimum atomic E-state index is -0.0604. The second-order valence-corrected chi connectivity index (χ2v) is 7.41. The van der Waals surface area contributed by atoms with Gasteiger partial charge in [-0.05, 0) is 37.0 Å². The van der Waals surface area contributed by atoms with E-state index in [0.29, 0.717) is 18.9 Å². The highest BCUT2D eigenvalue weighted by atomic mass is 16.5. The van der Waals surface area contributed by atoms with E-state index < -0.39 is 0 Å². The first-order valence-corrected chi connectivity index (χ1v) is 9.98. The van der Waals surface area contributed by atoms with E-state index in [1.165, 1.54) is 12.8 Å². The van der Waals surface area contributed by atoms with E-state index in [9.17, 15) is 4.79 Å². The Labute approximate surface area is 161 Å². The van der Waals surface area contributed by atoms with Gasteiger partial charge in [0.15, 0.2) is 0 Å². The summed E-state index contributed by atoms with van der Waals surface area (Å²) in [6.45, 7) is 0.707. The molecule has 0 radical (unpaired) electrons. The van der Waals surface area contributed by atoms with E-state index in [0.717, 1.165) is 30.6 Å². The lowest BCUT2D eigenvalue weighted by Gasteiger charge is -2.45. The lowest BCUT2D eigenvalue weighted by atomic mass is 9.76. The number of hydrogen-bond donors (Lipinski definition) is 2. The fourth-order valence-corrected chi connectivity index (χ4v) is 4.25. The third-order valence-electron chi connectivity index (χ3n) is 5.55. The molecule has 1 saturated carbocycles. The molecule has 3 rings (SSSR count). The standard InChI is InChI=1S/C21H31NO5/c1-25-11-9-21(24)22-18-14-20(27-19-8-3-2-7-17(18)19)15-5-4-6-16(13-15)26-12-10-23/h4-6,13,17-20,23H,2-3,7-12,14H2,1H3,(H,22,24)/t17-,18+,19+,20+/m0/s1. The average Bonchev–Trinajstić information content (AvgIpc) is 2.71. The number of amides is 1. The van der Waals surface area contributed by atoms with Crippen LogP contribution < -0.4 is 10.1 Å². The van der Waals surface area contributed by atoms with E-state index in [-0.39, 0.29) is 37.4 Å². The Morgan fingerprint density at radius 3 is 2.96 bits per heavy atom. The Hall–Kier alpha value is -1.63. The van der Waals surface area contributed by atoms with Crippen LogP contribution in [0.2, 0.25) is 0 Å². The van der Waals surface area contributed by atoms with E-state index in [1.807, 2.05) is 24.3 Å². The first kappa shape index (κ1) is 20.1. The van der Waals surface area contributed by atoms with Gasteiger partial charge < -0.3 is 24.6 Å². The summed E-state index contributed by atoms with van der Waals surface area (Å²) >= 11 is 0. The van der Waals surface area contributed by atoms with Crippen molar-refractivity contribution in [3.63, 3.8) is 0 Å². The topological polar surface area (TPSA) is 77.0 Å². The monoisotopic (exact) mass is 377 g/mol. The molecule has 0 spiro atoms. The number of ether oxygens (including phenoxy) is 3. The number of hydrogen-bond acceptors (Lipinski definition) is 5. The van der Waals surface area contributed by atoms with Gasteiger partial charge in [-0.1, -0.05) is 25.0 Å². The van der Waals surface area contributed by atoms with Crippen molar-refractivity contribution in [3.8, 4) is 5.75 Å². The lowest BCUT2D eigenvalue weighted by molar-refractivity contribution is -0.133. The van der Waals surface area contributed by atoms with Gasteiger partial charge in [0.1, 0.15) is 12.4 Å². The maximum Gasteiger partial charge on any atom is 0.222 e. The largest absolute Gasteiger partial charge is 0.491 e. The molecule has 1 aliphatic heterocycles. The van der Waals surface area contributed by atoms with Crippen molar-refractivity contribution in [1.82, 2.24) is 5.32 Å². The summed E-state index contributed by atoms with van der Waals surface area (Å²) in [5, 5.41) is 12.2. The molecular formula is C21H31NO5. The molecule has 27 heavy (non-hydrogen) atoms. The molecule has 2 aliphatic rings. The highest BCUT2D eigenvalue weighted by Crippen LogP contribution is 2.41. The molecule has 0 aromatic heterocycles. The van der Waals surface area contributed by atoms with Crippen molar-refractivity contribution in [1.29, 1.82) is 0 Å². The van der Waals surface area contributed by atoms with Crippen molar-refractivity contribution in [2.75, 3.05) is 26.9 Å². The summed E-state index contributed by atoms with van der Waals surface area (Å²) in [6, 6.07) is 7.98. The molecule has 1 amide bonds. The predicted molar refractivity (Wildman–Crippen MR) is 102 cm³/mol. The Kier molecular flexibility index (Phi) is 7.50. The van der Waals surface area contributed by atoms with Crippen LogP contribution in [0, 0.1) is 5.92 Å². The summed E-state index contributed by atoms with van der Waals surface area (Å²) in [4.78, 5) is 12.3. The Bertz CT molecular complexity index is 608. The number of rotatable bonds is 8. The summed E-state index contributed by atoms with van der Waals surface area (Å²) in [5.74, 6) is 1.17. The molecule has 6 nitrogen and oxygen atoms in total. The Morgan fingerprint density at radius 1 is 1.30 bits per heavy atom. The highest BCUT2D eigenvalue weighted by Gasteiger charge is 2.40. The number of carbonyl (C=O) groups excluding carboxylic acids is 1. The van der Waals surface area contributed by atoms with Crippen LogP contribution in [0.25, 0.3) is 0 Å². The second-order valence-electron chi connectivity index (χ2n) is 7.41. The minimum absolute atomic E-state index is 0.0104. The maximum absolute atomic E-state index is 12.3. The summed E-state index contributed by atoms with van der Waals surface area (Å²) in [7, 11) is 1.61. The van der Waals surface area contributed by atoms with E-state index >= 15 is 0 Å². The van der Waals surface area contributed by atoms with Crippen LogP contribution in [-0.2, 0) is 14.3 Å². The zero-order chi connectivity index (χ0) is 19.1. The Morgan fingerprint density at radius 2 is 2.15 bits per heavy atom. The lowest BCUT2D eigenvalue weighted by Crippen LogP contribution is -2.51. The predicted octanol–water partition coefficient (Wildman–Crippen LogP) is 2.60. The van der Waals surface area contributed by atoms with Crippen molar-refractivity contribution < 1.29 is 24.1 Å². The smallest absolute Gasteiger partial charge is 0.222 e. The number of fused-ring (bicyclic) bond motifs is 1. The molecular weight excluding hydrogens is 346 g/mol. The highest BCUT2D eigenvalue weighted by molar-refractivity contribution is 5.76. The third kappa shape index (κ3) is 5.43. The molecule has 1 heterocycles. The first-order chi connectivity index (χ1) is 13.2.